The number of fused-ring (bicyclic) bond motifs is 2. The van der Waals surface area contributed by atoms with Gasteiger partial charge in [0, 0.05) is 5.41 Å². The Hall–Kier alpha value is -1.16. The maximum absolute atomic E-state index is 12.8. The molecule has 3 saturated carbocycles. The van der Waals surface area contributed by atoms with Crippen molar-refractivity contribution in [2.45, 2.75) is 46.5 Å². The summed E-state index contributed by atoms with van der Waals surface area (Å²) in [6.45, 7) is 6.13. The molecule has 4 heteroatoms. The monoisotopic (exact) mass is 332 g/mol. The Balaban J connectivity index is 2.03. The van der Waals surface area contributed by atoms with Gasteiger partial charge >= 0.3 is 5.97 Å². The average Bonchev–Trinajstić information content (AvgIpc) is 3.11. The Labute approximate surface area is 143 Å². The fourth-order valence-electron chi connectivity index (χ4n) is 7.66. The number of carboxylic acid groups (broad SMARTS) is 1. The van der Waals surface area contributed by atoms with Gasteiger partial charge < -0.3 is 15.0 Å². The minimum atomic E-state index is -1.21. The highest BCUT2D eigenvalue weighted by Crippen LogP contribution is 2.82. The van der Waals surface area contributed by atoms with E-state index in [0.29, 0.717) is 18.3 Å². The van der Waals surface area contributed by atoms with E-state index in [1.807, 2.05) is 13.8 Å². The summed E-state index contributed by atoms with van der Waals surface area (Å²) in [5.41, 5.74) is -1.85. The molecule has 0 radical (unpaired) electrons. The minimum Gasteiger partial charge on any atom is -0.481 e. The molecule has 24 heavy (non-hydrogen) atoms. The van der Waals surface area contributed by atoms with E-state index >= 15 is 0 Å². The van der Waals surface area contributed by atoms with E-state index in [4.69, 9.17) is 0 Å². The molecule has 3 fully saturated rings. The standard InChI is InChI=1S/C20H28O4/c1-11(2)16-6-13-7-19(10-22)15-5-4-12(3)14(15)8-18(13,9-21)20(16,19)17(23)24/h6,10-15,21H,4-5,7-9H2,1-3H3,(H,23,24)/t12-,13?,14-,15-,18+,19+,20-/m0/s1. The lowest BCUT2D eigenvalue weighted by molar-refractivity contribution is -0.184. The Bertz CT molecular complexity index is 638. The molecule has 0 aromatic carbocycles. The number of rotatable bonds is 4. The number of aliphatic hydroxyl groups excluding tert-OH is 1. The van der Waals surface area contributed by atoms with Crippen LogP contribution in [0.3, 0.4) is 0 Å². The van der Waals surface area contributed by atoms with Crippen LogP contribution in [0.2, 0.25) is 0 Å². The van der Waals surface area contributed by atoms with Crippen LogP contribution >= 0.6 is 0 Å². The molecule has 1 unspecified atom stereocenters. The van der Waals surface area contributed by atoms with Crippen molar-refractivity contribution in [1.29, 1.82) is 0 Å². The third-order valence-electron chi connectivity index (χ3n) is 8.40. The largest absolute Gasteiger partial charge is 0.481 e. The summed E-state index contributed by atoms with van der Waals surface area (Å²) in [4.78, 5) is 25.3. The number of hydrogen-bond donors (Lipinski definition) is 2. The van der Waals surface area contributed by atoms with Gasteiger partial charge in [-0.05, 0) is 48.9 Å². The molecule has 0 aliphatic heterocycles. The Morgan fingerprint density at radius 1 is 1.38 bits per heavy atom. The van der Waals surface area contributed by atoms with Crippen molar-refractivity contribution in [2.24, 2.45) is 45.8 Å². The van der Waals surface area contributed by atoms with Gasteiger partial charge in [0.15, 0.2) is 0 Å². The van der Waals surface area contributed by atoms with Crippen LogP contribution in [-0.4, -0.2) is 29.1 Å². The van der Waals surface area contributed by atoms with Crippen molar-refractivity contribution in [1.82, 2.24) is 0 Å². The van der Waals surface area contributed by atoms with Crippen LogP contribution in [-0.2, 0) is 9.59 Å². The van der Waals surface area contributed by atoms with E-state index in [1.165, 1.54) is 0 Å². The Kier molecular flexibility index (Phi) is 3.21. The number of aldehydes is 1. The second-order valence-corrected chi connectivity index (χ2v) is 9.14. The predicted octanol–water partition coefficient (Wildman–Crippen LogP) is 2.90. The fraction of sp³-hybridized carbons (Fsp3) is 0.800. The van der Waals surface area contributed by atoms with Crippen molar-refractivity contribution in [3.63, 3.8) is 0 Å². The van der Waals surface area contributed by atoms with Gasteiger partial charge in [0.25, 0.3) is 0 Å². The first-order chi connectivity index (χ1) is 11.3. The normalized spacial score (nSPS) is 51.6. The molecule has 132 valence electrons. The molecule has 0 heterocycles. The van der Waals surface area contributed by atoms with Crippen LogP contribution in [0, 0.1) is 45.8 Å². The number of hydrogen-bond acceptors (Lipinski definition) is 3. The van der Waals surface area contributed by atoms with Gasteiger partial charge in [-0.3, -0.25) is 4.79 Å². The number of allylic oxidation sites excluding steroid dienone is 1. The van der Waals surface area contributed by atoms with Crippen molar-refractivity contribution in [2.75, 3.05) is 6.61 Å². The van der Waals surface area contributed by atoms with Crippen LogP contribution < -0.4 is 0 Å². The molecule has 0 aromatic rings. The summed E-state index contributed by atoms with van der Waals surface area (Å²) in [7, 11) is 0. The van der Waals surface area contributed by atoms with Crippen molar-refractivity contribution < 1.29 is 19.8 Å². The van der Waals surface area contributed by atoms with E-state index in [0.717, 1.165) is 31.1 Å². The second kappa shape index (κ2) is 4.72. The number of aliphatic hydroxyl groups is 1. The van der Waals surface area contributed by atoms with Crippen LogP contribution in [0.15, 0.2) is 11.6 Å². The maximum atomic E-state index is 12.8. The predicted molar refractivity (Wildman–Crippen MR) is 89.1 cm³/mol. The van der Waals surface area contributed by atoms with Crippen LogP contribution in [0.25, 0.3) is 0 Å². The first-order valence-corrected chi connectivity index (χ1v) is 9.35. The quantitative estimate of drug-likeness (QED) is 0.613. The lowest BCUT2D eigenvalue weighted by Gasteiger charge is -2.58. The van der Waals surface area contributed by atoms with Gasteiger partial charge in [-0.25, -0.2) is 0 Å². The molecule has 4 nitrogen and oxygen atoms in total. The van der Waals surface area contributed by atoms with Gasteiger partial charge in [0.2, 0.25) is 0 Å². The topological polar surface area (TPSA) is 74.6 Å². The first-order valence-electron chi connectivity index (χ1n) is 9.35. The average molecular weight is 332 g/mol. The minimum absolute atomic E-state index is 0.0130. The van der Waals surface area contributed by atoms with Crippen LogP contribution in [0.1, 0.15) is 46.5 Å². The molecule has 4 rings (SSSR count). The molecular formula is C20H28O4. The number of carbonyl (C=O) groups is 2. The lowest BCUT2D eigenvalue weighted by atomic mass is 9.43. The second-order valence-electron chi connectivity index (χ2n) is 9.14. The summed E-state index contributed by atoms with van der Waals surface area (Å²) in [5.74, 6) is 0.215. The van der Waals surface area contributed by atoms with Crippen molar-refractivity contribution in [3.8, 4) is 0 Å². The zero-order chi connectivity index (χ0) is 17.5. The zero-order valence-corrected chi connectivity index (χ0v) is 14.8. The number of carboxylic acids is 1. The summed E-state index contributed by atoms with van der Waals surface area (Å²) in [5, 5.41) is 20.9. The van der Waals surface area contributed by atoms with Crippen LogP contribution in [0.5, 0.6) is 0 Å². The van der Waals surface area contributed by atoms with E-state index in [2.05, 4.69) is 13.0 Å². The SMILES string of the molecule is CC(C)C1=CC2C[C@@]3(C=O)[C@H]4CC[C@H](C)[C@@H]4C[C@]2(CO)[C@@]13C(=O)O. The van der Waals surface area contributed by atoms with Crippen molar-refractivity contribution >= 4 is 12.3 Å². The highest BCUT2D eigenvalue weighted by molar-refractivity contribution is 5.90. The molecule has 7 atom stereocenters. The molecule has 4 aliphatic carbocycles. The summed E-state index contributed by atoms with van der Waals surface area (Å²) in [6, 6.07) is 0. The molecule has 2 N–H and O–H groups in total. The van der Waals surface area contributed by atoms with Gasteiger partial charge in [-0.1, -0.05) is 38.8 Å². The third-order valence-corrected chi connectivity index (χ3v) is 8.40. The van der Waals surface area contributed by atoms with Gasteiger partial charge in [0.05, 0.1) is 12.0 Å². The molecule has 0 amide bonds. The highest BCUT2D eigenvalue weighted by atomic mass is 16.4. The highest BCUT2D eigenvalue weighted by Gasteiger charge is 2.84. The first kappa shape index (κ1) is 16.3. The molecular weight excluding hydrogens is 304 g/mol. The summed E-state index contributed by atoms with van der Waals surface area (Å²) >= 11 is 0. The Morgan fingerprint density at radius 2 is 2.08 bits per heavy atom. The molecule has 0 spiro atoms. The van der Waals surface area contributed by atoms with E-state index in [-0.39, 0.29) is 24.4 Å². The molecule has 4 aliphatic rings. The van der Waals surface area contributed by atoms with Gasteiger partial charge in [-0.2, -0.15) is 0 Å². The lowest BCUT2D eigenvalue weighted by Crippen LogP contribution is -2.63. The summed E-state index contributed by atoms with van der Waals surface area (Å²) in [6.07, 6.45) is 6.47. The smallest absolute Gasteiger partial charge is 0.315 e. The van der Waals surface area contributed by atoms with Crippen LogP contribution in [0.4, 0.5) is 0 Å². The van der Waals surface area contributed by atoms with Gasteiger partial charge in [0.1, 0.15) is 11.7 Å². The van der Waals surface area contributed by atoms with Crippen molar-refractivity contribution in [3.05, 3.63) is 11.6 Å². The zero-order valence-electron chi connectivity index (χ0n) is 14.8. The molecule has 0 saturated heterocycles. The van der Waals surface area contributed by atoms with E-state index in [9.17, 15) is 19.8 Å². The summed E-state index contributed by atoms with van der Waals surface area (Å²) < 4.78 is 0. The van der Waals surface area contributed by atoms with E-state index in [1.54, 1.807) is 0 Å². The molecule has 0 aromatic heterocycles. The maximum Gasteiger partial charge on any atom is 0.315 e. The van der Waals surface area contributed by atoms with Gasteiger partial charge in [-0.15, -0.1) is 0 Å². The Morgan fingerprint density at radius 3 is 2.62 bits per heavy atom. The third kappa shape index (κ3) is 1.35. The van der Waals surface area contributed by atoms with E-state index < -0.39 is 22.2 Å². The molecule has 4 bridgehead atoms. The fourth-order valence-corrected chi connectivity index (χ4v) is 7.66. The number of carbonyl (C=O) groups excluding carboxylic acids is 1. The number of aliphatic carboxylic acids is 1.